The molecular formula is C16H20O6. The van der Waals surface area contributed by atoms with Crippen molar-refractivity contribution in [1.82, 2.24) is 0 Å². The SMILES string of the molecule is CCOC(=O)c1ccc(C(C(=O)OCC)C(=O)OCC)cc1. The lowest BCUT2D eigenvalue weighted by atomic mass is 9.98. The molecule has 0 saturated carbocycles. The van der Waals surface area contributed by atoms with Gasteiger partial charge in [0.2, 0.25) is 0 Å². The van der Waals surface area contributed by atoms with Crippen molar-refractivity contribution >= 4 is 17.9 Å². The van der Waals surface area contributed by atoms with Crippen molar-refractivity contribution in [3.63, 3.8) is 0 Å². The molecule has 0 amide bonds. The topological polar surface area (TPSA) is 78.9 Å². The third kappa shape index (κ3) is 4.58. The van der Waals surface area contributed by atoms with Gasteiger partial charge in [-0.25, -0.2) is 4.79 Å². The molecule has 120 valence electrons. The van der Waals surface area contributed by atoms with Crippen molar-refractivity contribution in [2.75, 3.05) is 19.8 Å². The number of esters is 3. The van der Waals surface area contributed by atoms with Crippen LogP contribution in [-0.2, 0) is 23.8 Å². The second-order valence-electron chi connectivity index (χ2n) is 4.28. The molecule has 0 unspecified atom stereocenters. The second-order valence-corrected chi connectivity index (χ2v) is 4.28. The third-order valence-electron chi connectivity index (χ3n) is 2.80. The van der Waals surface area contributed by atoms with Crippen LogP contribution in [0.5, 0.6) is 0 Å². The van der Waals surface area contributed by atoms with Crippen molar-refractivity contribution in [3.8, 4) is 0 Å². The Morgan fingerprint density at radius 1 is 0.818 bits per heavy atom. The van der Waals surface area contributed by atoms with Crippen molar-refractivity contribution in [2.24, 2.45) is 0 Å². The van der Waals surface area contributed by atoms with E-state index in [0.717, 1.165) is 0 Å². The standard InChI is InChI=1S/C16H20O6/c1-4-20-14(17)12-9-7-11(8-10-12)13(15(18)21-5-2)16(19)22-6-3/h7-10,13H,4-6H2,1-3H3. The largest absolute Gasteiger partial charge is 0.465 e. The molecule has 6 heteroatoms. The fraction of sp³-hybridized carbons (Fsp3) is 0.438. The van der Waals surface area contributed by atoms with Gasteiger partial charge in [-0.15, -0.1) is 0 Å². The lowest BCUT2D eigenvalue weighted by molar-refractivity contribution is -0.156. The minimum Gasteiger partial charge on any atom is -0.465 e. The number of rotatable bonds is 7. The Balaban J connectivity index is 3.01. The van der Waals surface area contributed by atoms with Gasteiger partial charge in [-0.2, -0.15) is 0 Å². The smallest absolute Gasteiger partial charge is 0.338 e. The van der Waals surface area contributed by atoms with Gasteiger partial charge < -0.3 is 14.2 Å². The van der Waals surface area contributed by atoms with Gasteiger partial charge in [0.05, 0.1) is 25.4 Å². The molecule has 0 aliphatic heterocycles. The molecule has 22 heavy (non-hydrogen) atoms. The molecule has 1 aromatic rings. The third-order valence-corrected chi connectivity index (χ3v) is 2.80. The predicted molar refractivity (Wildman–Crippen MR) is 78.4 cm³/mol. The van der Waals surface area contributed by atoms with E-state index in [1.54, 1.807) is 20.8 Å². The zero-order valence-corrected chi connectivity index (χ0v) is 13.0. The zero-order valence-electron chi connectivity index (χ0n) is 13.0. The lowest BCUT2D eigenvalue weighted by Crippen LogP contribution is -2.26. The van der Waals surface area contributed by atoms with Crippen LogP contribution in [0.25, 0.3) is 0 Å². The van der Waals surface area contributed by atoms with Crippen LogP contribution in [0, 0.1) is 0 Å². The summed E-state index contributed by atoms with van der Waals surface area (Å²) < 4.78 is 14.7. The van der Waals surface area contributed by atoms with Crippen molar-refractivity contribution in [3.05, 3.63) is 35.4 Å². The summed E-state index contributed by atoms with van der Waals surface area (Å²) in [7, 11) is 0. The highest BCUT2D eigenvalue weighted by Crippen LogP contribution is 2.20. The Hall–Kier alpha value is -2.37. The van der Waals surface area contributed by atoms with Gasteiger partial charge in [0.1, 0.15) is 0 Å². The highest BCUT2D eigenvalue weighted by Gasteiger charge is 2.31. The average molecular weight is 308 g/mol. The van der Waals surface area contributed by atoms with Gasteiger partial charge in [-0.3, -0.25) is 9.59 Å². The first-order valence-electron chi connectivity index (χ1n) is 7.15. The van der Waals surface area contributed by atoms with Crippen LogP contribution in [0.2, 0.25) is 0 Å². The zero-order chi connectivity index (χ0) is 16.5. The van der Waals surface area contributed by atoms with E-state index in [2.05, 4.69) is 0 Å². The highest BCUT2D eigenvalue weighted by atomic mass is 16.6. The fourth-order valence-corrected chi connectivity index (χ4v) is 1.85. The Kier molecular flexibility index (Phi) is 7.08. The van der Waals surface area contributed by atoms with Crippen LogP contribution in [0.15, 0.2) is 24.3 Å². The number of carbonyl (C=O) groups excluding carboxylic acids is 3. The first-order chi connectivity index (χ1) is 10.5. The molecule has 0 heterocycles. The summed E-state index contributed by atoms with van der Waals surface area (Å²) in [6.07, 6.45) is 0. The average Bonchev–Trinajstić information content (AvgIpc) is 2.49. The molecule has 6 nitrogen and oxygen atoms in total. The molecule has 0 bridgehead atoms. The molecule has 0 radical (unpaired) electrons. The van der Waals surface area contributed by atoms with E-state index in [1.807, 2.05) is 0 Å². The monoisotopic (exact) mass is 308 g/mol. The summed E-state index contributed by atoms with van der Waals surface area (Å²) in [5, 5.41) is 0. The first-order valence-corrected chi connectivity index (χ1v) is 7.15. The number of carbonyl (C=O) groups is 3. The molecule has 0 spiro atoms. The molecular weight excluding hydrogens is 288 g/mol. The van der Waals surface area contributed by atoms with Gasteiger partial charge in [0, 0.05) is 0 Å². The number of benzene rings is 1. The van der Waals surface area contributed by atoms with E-state index < -0.39 is 23.8 Å². The molecule has 0 atom stereocenters. The van der Waals surface area contributed by atoms with E-state index >= 15 is 0 Å². The molecule has 1 rings (SSSR count). The normalized spacial score (nSPS) is 10.2. The minimum atomic E-state index is -1.16. The van der Waals surface area contributed by atoms with E-state index in [0.29, 0.717) is 11.1 Å². The summed E-state index contributed by atoms with van der Waals surface area (Å²) in [4.78, 5) is 35.5. The Labute approximate surface area is 129 Å². The minimum absolute atomic E-state index is 0.162. The summed E-state index contributed by atoms with van der Waals surface area (Å²) in [5.74, 6) is -2.97. The summed E-state index contributed by atoms with van der Waals surface area (Å²) in [6, 6.07) is 6.03. The van der Waals surface area contributed by atoms with Crippen molar-refractivity contribution < 1.29 is 28.6 Å². The van der Waals surface area contributed by atoms with Gasteiger partial charge in [-0.05, 0) is 38.5 Å². The molecule has 0 aliphatic carbocycles. The van der Waals surface area contributed by atoms with Crippen LogP contribution in [0.3, 0.4) is 0 Å². The van der Waals surface area contributed by atoms with E-state index in [1.165, 1.54) is 24.3 Å². The molecule has 0 aliphatic rings. The Morgan fingerprint density at radius 2 is 1.27 bits per heavy atom. The maximum atomic E-state index is 12.0. The number of ether oxygens (including phenoxy) is 3. The summed E-state index contributed by atoms with van der Waals surface area (Å²) >= 11 is 0. The molecule has 0 N–H and O–H groups in total. The maximum Gasteiger partial charge on any atom is 0.338 e. The quantitative estimate of drug-likeness (QED) is 0.436. The number of hydrogen-bond acceptors (Lipinski definition) is 6. The lowest BCUT2D eigenvalue weighted by Gasteiger charge is -2.15. The fourth-order valence-electron chi connectivity index (χ4n) is 1.85. The predicted octanol–water partition coefficient (Wildman–Crippen LogP) is 2.07. The van der Waals surface area contributed by atoms with Crippen LogP contribution < -0.4 is 0 Å². The van der Waals surface area contributed by atoms with Gasteiger partial charge >= 0.3 is 17.9 Å². The maximum absolute atomic E-state index is 12.0. The van der Waals surface area contributed by atoms with E-state index in [9.17, 15) is 14.4 Å². The summed E-state index contributed by atoms with van der Waals surface area (Å²) in [5.41, 5.74) is 0.752. The van der Waals surface area contributed by atoms with Crippen molar-refractivity contribution in [2.45, 2.75) is 26.7 Å². The second kappa shape index (κ2) is 8.81. The van der Waals surface area contributed by atoms with E-state index in [4.69, 9.17) is 14.2 Å². The molecule has 0 fully saturated rings. The van der Waals surface area contributed by atoms with E-state index in [-0.39, 0.29) is 19.8 Å². The molecule has 0 saturated heterocycles. The first kappa shape index (κ1) is 17.7. The van der Waals surface area contributed by atoms with Crippen LogP contribution in [-0.4, -0.2) is 37.7 Å². The Morgan fingerprint density at radius 3 is 1.68 bits per heavy atom. The van der Waals surface area contributed by atoms with Crippen molar-refractivity contribution in [1.29, 1.82) is 0 Å². The van der Waals surface area contributed by atoms with Crippen LogP contribution in [0.1, 0.15) is 42.6 Å². The number of hydrogen-bond donors (Lipinski definition) is 0. The highest BCUT2D eigenvalue weighted by molar-refractivity contribution is 6.01. The van der Waals surface area contributed by atoms with Crippen LogP contribution >= 0.6 is 0 Å². The van der Waals surface area contributed by atoms with Crippen LogP contribution in [0.4, 0.5) is 0 Å². The van der Waals surface area contributed by atoms with Gasteiger partial charge in [0.25, 0.3) is 0 Å². The molecule has 1 aromatic carbocycles. The molecule has 0 aromatic heterocycles. The van der Waals surface area contributed by atoms with Gasteiger partial charge in [0.15, 0.2) is 5.92 Å². The Bertz CT molecular complexity index is 502. The summed E-state index contributed by atoms with van der Waals surface area (Å²) in [6.45, 7) is 5.62. The van der Waals surface area contributed by atoms with Gasteiger partial charge in [-0.1, -0.05) is 12.1 Å².